The number of aromatic amines is 1. The van der Waals surface area contributed by atoms with Gasteiger partial charge in [-0.25, -0.2) is 14.8 Å². The summed E-state index contributed by atoms with van der Waals surface area (Å²) in [5.41, 5.74) is 2.19. The van der Waals surface area contributed by atoms with Crippen LogP contribution in [0.15, 0.2) is 41.3 Å². The Balaban J connectivity index is 2.13. The van der Waals surface area contributed by atoms with Crippen LogP contribution in [0, 0.1) is 0 Å². The maximum Gasteiger partial charge on any atom is 0.274 e. The van der Waals surface area contributed by atoms with Gasteiger partial charge < -0.3 is 4.74 Å². The second-order valence-corrected chi connectivity index (χ2v) is 5.34. The van der Waals surface area contributed by atoms with Crippen molar-refractivity contribution in [2.75, 3.05) is 7.11 Å². The summed E-state index contributed by atoms with van der Waals surface area (Å²) in [6.07, 6.45) is 1.58. The van der Waals surface area contributed by atoms with Gasteiger partial charge in [0.05, 0.1) is 24.4 Å². The van der Waals surface area contributed by atoms with E-state index in [-0.39, 0.29) is 5.56 Å². The summed E-state index contributed by atoms with van der Waals surface area (Å²) in [7, 11) is 1.54. The quantitative estimate of drug-likeness (QED) is 0.611. The lowest BCUT2D eigenvalue weighted by Crippen LogP contribution is -2.10. The third-order valence-corrected chi connectivity index (χ3v) is 3.73. The summed E-state index contributed by atoms with van der Waals surface area (Å²) in [5, 5.41) is 12.8. The Morgan fingerprint density at radius 1 is 1.35 bits per heavy atom. The highest BCUT2D eigenvalue weighted by molar-refractivity contribution is 7.95. The number of pyridine rings is 1. The Morgan fingerprint density at radius 3 is 2.83 bits per heavy atom. The van der Waals surface area contributed by atoms with Gasteiger partial charge in [0.2, 0.25) is 5.88 Å². The van der Waals surface area contributed by atoms with E-state index in [1.165, 1.54) is 7.11 Å². The zero-order valence-electron chi connectivity index (χ0n) is 12.4. The second kappa shape index (κ2) is 6.78. The van der Waals surface area contributed by atoms with Crippen LogP contribution < -0.4 is 20.2 Å². The Bertz CT molecular complexity index is 879. The zero-order chi connectivity index (χ0) is 16.2. The minimum atomic E-state index is -0.280. The van der Waals surface area contributed by atoms with Crippen molar-refractivity contribution < 1.29 is 4.74 Å². The van der Waals surface area contributed by atoms with Gasteiger partial charge in [0.1, 0.15) is 0 Å². The van der Waals surface area contributed by atoms with Crippen LogP contribution >= 0.6 is 12.1 Å². The highest BCUT2D eigenvalue weighted by Gasteiger charge is 2.12. The number of H-pyrrole nitrogens is 1. The van der Waals surface area contributed by atoms with Gasteiger partial charge in [-0.2, -0.15) is 5.10 Å². The van der Waals surface area contributed by atoms with Crippen LogP contribution in [0.4, 0.5) is 0 Å². The van der Waals surface area contributed by atoms with E-state index in [1.807, 2.05) is 24.3 Å². The fourth-order valence-electron chi connectivity index (χ4n) is 2.32. The highest BCUT2D eigenvalue weighted by Crippen LogP contribution is 2.27. The lowest BCUT2D eigenvalue weighted by Gasteiger charge is -2.09. The van der Waals surface area contributed by atoms with Gasteiger partial charge in [-0.3, -0.25) is 9.93 Å². The first-order chi connectivity index (χ1) is 11.2. The van der Waals surface area contributed by atoms with Crippen molar-refractivity contribution >= 4 is 22.9 Å². The number of hydrogen-bond acceptors (Lipinski definition) is 7. The molecule has 1 aromatic carbocycles. The average molecular weight is 329 g/mol. The van der Waals surface area contributed by atoms with Crippen molar-refractivity contribution in [2.24, 2.45) is 5.14 Å². The molecule has 2 heterocycles. The standard InChI is InChI=1S/C15H15N5O2S/c1-22-12-6-11-8-17-20-15(21)13(11)14(19-12)10-4-2-9(3-5-10)7-18-23-16/h2-6,8,18H,7,16H2,1H3,(H,20,21). The van der Waals surface area contributed by atoms with Crippen molar-refractivity contribution in [2.45, 2.75) is 6.54 Å². The van der Waals surface area contributed by atoms with Crippen molar-refractivity contribution in [3.05, 3.63) is 52.4 Å². The molecule has 3 aromatic rings. The molecule has 3 rings (SSSR count). The molecule has 0 saturated heterocycles. The molecule has 0 aliphatic rings. The number of hydrogen-bond donors (Lipinski definition) is 3. The largest absolute Gasteiger partial charge is 0.481 e. The van der Waals surface area contributed by atoms with E-state index >= 15 is 0 Å². The maximum absolute atomic E-state index is 12.2. The zero-order valence-corrected chi connectivity index (χ0v) is 13.2. The number of nitrogens with two attached hydrogens (primary N) is 1. The molecule has 0 unspecified atom stereocenters. The van der Waals surface area contributed by atoms with E-state index in [2.05, 4.69) is 19.9 Å². The summed E-state index contributed by atoms with van der Waals surface area (Å²) in [6.45, 7) is 0.651. The third-order valence-electron chi connectivity index (χ3n) is 3.42. The van der Waals surface area contributed by atoms with Crippen LogP contribution in [0.25, 0.3) is 22.0 Å². The molecule has 0 fully saturated rings. The summed E-state index contributed by atoms with van der Waals surface area (Å²) in [4.78, 5) is 16.6. The number of rotatable bonds is 5. The molecule has 0 spiro atoms. The van der Waals surface area contributed by atoms with Crippen LogP contribution in [-0.4, -0.2) is 22.3 Å². The molecule has 0 saturated carbocycles. The molecule has 0 aliphatic heterocycles. The summed E-state index contributed by atoms with van der Waals surface area (Å²) in [6, 6.07) is 9.44. The van der Waals surface area contributed by atoms with Gasteiger partial charge in [-0.1, -0.05) is 24.3 Å². The van der Waals surface area contributed by atoms with E-state index in [1.54, 1.807) is 12.3 Å². The van der Waals surface area contributed by atoms with Crippen LogP contribution in [0.5, 0.6) is 5.88 Å². The van der Waals surface area contributed by atoms with Gasteiger partial charge in [0.15, 0.2) is 0 Å². The SMILES string of the molecule is COc1cc2cn[nH]c(=O)c2c(-c2ccc(CNSN)cc2)n1. The number of nitrogens with zero attached hydrogens (tertiary/aromatic N) is 2. The Labute approximate surface area is 136 Å². The number of fused-ring (bicyclic) bond motifs is 1. The van der Waals surface area contributed by atoms with Crippen LogP contribution in [0.3, 0.4) is 0 Å². The van der Waals surface area contributed by atoms with E-state index < -0.39 is 0 Å². The molecule has 23 heavy (non-hydrogen) atoms. The van der Waals surface area contributed by atoms with Crippen molar-refractivity contribution in [1.29, 1.82) is 0 Å². The van der Waals surface area contributed by atoms with Crippen molar-refractivity contribution in [1.82, 2.24) is 19.9 Å². The number of benzene rings is 1. The molecule has 2 aromatic heterocycles. The normalized spacial score (nSPS) is 10.9. The van der Waals surface area contributed by atoms with Crippen LogP contribution in [0.1, 0.15) is 5.56 Å². The van der Waals surface area contributed by atoms with Crippen molar-refractivity contribution in [3.63, 3.8) is 0 Å². The minimum absolute atomic E-state index is 0.280. The van der Waals surface area contributed by atoms with Crippen LogP contribution in [0.2, 0.25) is 0 Å². The molecule has 118 valence electrons. The molecule has 4 N–H and O–H groups in total. The van der Waals surface area contributed by atoms with Gasteiger partial charge in [0.25, 0.3) is 5.56 Å². The predicted molar refractivity (Wildman–Crippen MR) is 90.8 cm³/mol. The number of ether oxygens (including phenoxy) is 1. The fourth-order valence-corrected chi connectivity index (χ4v) is 2.57. The molecular formula is C15H15N5O2S. The number of aromatic nitrogens is 3. The number of nitrogens with one attached hydrogen (secondary N) is 2. The molecule has 0 bridgehead atoms. The Hall–Kier alpha value is -2.42. The first-order valence-electron chi connectivity index (χ1n) is 6.83. The molecular weight excluding hydrogens is 314 g/mol. The topological polar surface area (TPSA) is 106 Å². The third kappa shape index (κ3) is 3.19. The van der Waals surface area contributed by atoms with E-state index in [9.17, 15) is 4.79 Å². The summed E-state index contributed by atoms with van der Waals surface area (Å²) in [5.74, 6) is 0.435. The average Bonchev–Trinajstić information content (AvgIpc) is 2.59. The Morgan fingerprint density at radius 2 is 2.13 bits per heavy atom. The highest BCUT2D eigenvalue weighted by atomic mass is 32.2. The molecule has 0 amide bonds. The lowest BCUT2D eigenvalue weighted by molar-refractivity contribution is 0.399. The first-order valence-corrected chi connectivity index (χ1v) is 7.71. The fraction of sp³-hybridized carbons (Fsp3) is 0.133. The molecule has 8 heteroatoms. The summed E-state index contributed by atoms with van der Waals surface area (Å²) < 4.78 is 8.20. The Kier molecular flexibility index (Phi) is 4.56. The monoisotopic (exact) mass is 329 g/mol. The molecule has 7 nitrogen and oxygen atoms in total. The molecule has 0 atom stereocenters. The van der Waals surface area contributed by atoms with E-state index in [4.69, 9.17) is 9.88 Å². The predicted octanol–water partition coefficient (Wildman–Crippen LogP) is 1.61. The van der Waals surface area contributed by atoms with Crippen LogP contribution in [-0.2, 0) is 6.54 Å². The van der Waals surface area contributed by atoms with Gasteiger partial charge in [-0.05, 0) is 5.56 Å². The van der Waals surface area contributed by atoms with Crippen molar-refractivity contribution in [3.8, 4) is 17.1 Å². The minimum Gasteiger partial charge on any atom is -0.481 e. The molecule has 0 aliphatic carbocycles. The van der Waals surface area contributed by atoms with Gasteiger partial charge in [-0.15, -0.1) is 0 Å². The second-order valence-electron chi connectivity index (χ2n) is 4.81. The lowest BCUT2D eigenvalue weighted by atomic mass is 10.0. The smallest absolute Gasteiger partial charge is 0.274 e. The number of methoxy groups -OCH3 is 1. The molecule has 0 radical (unpaired) electrons. The van der Waals surface area contributed by atoms with Gasteiger partial charge in [0, 0.05) is 35.7 Å². The van der Waals surface area contributed by atoms with E-state index in [0.29, 0.717) is 28.9 Å². The van der Waals surface area contributed by atoms with Gasteiger partial charge >= 0.3 is 0 Å². The van der Waals surface area contributed by atoms with E-state index in [0.717, 1.165) is 23.3 Å². The maximum atomic E-state index is 12.2. The first kappa shape index (κ1) is 15.5. The summed E-state index contributed by atoms with van der Waals surface area (Å²) >= 11 is 1.07.